The molecule has 0 aliphatic rings. The van der Waals surface area contributed by atoms with Gasteiger partial charge in [-0.3, -0.25) is 9.69 Å². The first kappa shape index (κ1) is 19.3. The number of methoxy groups -OCH3 is 1. The number of hydrogen-bond acceptors (Lipinski definition) is 4. The molecular weight excluding hydrogens is 358 g/mol. The number of hydrogen-bond donors (Lipinski definition) is 1. The lowest BCUT2D eigenvalue weighted by Crippen LogP contribution is -2.25. The lowest BCUT2D eigenvalue weighted by atomic mass is 10.2. The Labute approximate surface area is 163 Å². The SMILES string of the molecule is COC(=O)N(C)c1ccc(NC(=O)c2cc(C)n(Cc3ccco3)c2C)cc1. The van der Waals surface area contributed by atoms with Gasteiger partial charge in [0.15, 0.2) is 0 Å². The zero-order chi connectivity index (χ0) is 20.3. The minimum absolute atomic E-state index is 0.187. The van der Waals surface area contributed by atoms with E-state index in [4.69, 9.17) is 9.15 Å². The van der Waals surface area contributed by atoms with Gasteiger partial charge in [0, 0.05) is 29.8 Å². The Morgan fingerprint density at radius 2 is 1.89 bits per heavy atom. The molecule has 0 aliphatic carbocycles. The Balaban J connectivity index is 1.74. The third-order valence-corrected chi connectivity index (χ3v) is 4.67. The molecule has 0 saturated carbocycles. The van der Waals surface area contributed by atoms with Crippen LogP contribution in [0.15, 0.2) is 53.1 Å². The molecular formula is C21H23N3O4. The third kappa shape index (κ3) is 3.93. The summed E-state index contributed by atoms with van der Waals surface area (Å²) in [5, 5.41) is 2.90. The number of carbonyl (C=O) groups excluding carboxylic acids is 2. The lowest BCUT2D eigenvalue weighted by molar-refractivity contribution is 0.102. The molecule has 2 aromatic heterocycles. The van der Waals surface area contributed by atoms with Crippen LogP contribution in [0.3, 0.4) is 0 Å². The van der Waals surface area contributed by atoms with Crippen molar-refractivity contribution < 1.29 is 18.7 Å². The number of nitrogens with zero attached hydrogens (tertiary/aromatic N) is 2. The summed E-state index contributed by atoms with van der Waals surface area (Å²) >= 11 is 0. The van der Waals surface area contributed by atoms with Gasteiger partial charge in [0.1, 0.15) is 5.76 Å². The van der Waals surface area contributed by atoms with Crippen molar-refractivity contribution in [1.29, 1.82) is 0 Å². The summed E-state index contributed by atoms with van der Waals surface area (Å²) in [5.74, 6) is 0.645. The first-order valence-electron chi connectivity index (χ1n) is 8.83. The Morgan fingerprint density at radius 3 is 2.50 bits per heavy atom. The highest BCUT2D eigenvalue weighted by molar-refractivity contribution is 6.05. The average Bonchev–Trinajstić information content (AvgIpc) is 3.31. The summed E-state index contributed by atoms with van der Waals surface area (Å²) in [6.07, 6.45) is 1.18. The van der Waals surface area contributed by atoms with Gasteiger partial charge in [-0.25, -0.2) is 4.79 Å². The molecule has 0 saturated heterocycles. The van der Waals surface area contributed by atoms with Crippen molar-refractivity contribution in [3.63, 3.8) is 0 Å². The van der Waals surface area contributed by atoms with Crippen LogP contribution in [-0.2, 0) is 11.3 Å². The van der Waals surface area contributed by atoms with E-state index in [1.165, 1.54) is 12.0 Å². The molecule has 0 fully saturated rings. The minimum atomic E-state index is -0.458. The van der Waals surface area contributed by atoms with Gasteiger partial charge < -0.3 is 19.0 Å². The average molecular weight is 381 g/mol. The van der Waals surface area contributed by atoms with Crippen LogP contribution in [0.1, 0.15) is 27.5 Å². The van der Waals surface area contributed by atoms with Crippen molar-refractivity contribution in [3.05, 3.63) is 71.4 Å². The molecule has 7 nitrogen and oxygen atoms in total. The quantitative estimate of drug-likeness (QED) is 0.718. The van der Waals surface area contributed by atoms with Gasteiger partial charge in [-0.05, 0) is 56.3 Å². The normalized spacial score (nSPS) is 10.6. The van der Waals surface area contributed by atoms with E-state index in [9.17, 15) is 9.59 Å². The van der Waals surface area contributed by atoms with E-state index in [-0.39, 0.29) is 5.91 Å². The fourth-order valence-electron chi connectivity index (χ4n) is 3.04. The van der Waals surface area contributed by atoms with Crippen LogP contribution in [0.4, 0.5) is 16.2 Å². The zero-order valence-electron chi connectivity index (χ0n) is 16.4. The number of rotatable bonds is 5. The van der Waals surface area contributed by atoms with Crippen molar-refractivity contribution in [3.8, 4) is 0 Å². The highest BCUT2D eigenvalue weighted by Crippen LogP contribution is 2.21. The molecule has 0 radical (unpaired) electrons. The number of furan rings is 1. The Morgan fingerprint density at radius 1 is 1.18 bits per heavy atom. The first-order chi connectivity index (χ1) is 13.4. The lowest BCUT2D eigenvalue weighted by Gasteiger charge is -2.16. The number of anilines is 2. The van der Waals surface area contributed by atoms with Gasteiger partial charge in [-0.1, -0.05) is 0 Å². The van der Waals surface area contributed by atoms with Gasteiger partial charge >= 0.3 is 6.09 Å². The second-order valence-electron chi connectivity index (χ2n) is 6.48. The van der Waals surface area contributed by atoms with E-state index >= 15 is 0 Å². The van der Waals surface area contributed by atoms with E-state index in [2.05, 4.69) is 5.32 Å². The summed E-state index contributed by atoms with van der Waals surface area (Å²) in [7, 11) is 2.95. The topological polar surface area (TPSA) is 76.7 Å². The zero-order valence-corrected chi connectivity index (χ0v) is 16.4. The van der Waals surface area contributed by atoms with Crippen LogP contribution in [-0.4, -0.2) is 30.7 Å². The molecule has 1 N–H and O–H groups in total. The van der Waals surface area contributed by atoms with Gasteiger partial charge in [0.25, 0.3) is 5.91 Å². The molecule has 28 heavy (non-hydrogen) atoms. The van der Waals surface area contributed by atoms with Crippen molar-refractivity contribution >= 4 is 23.4 Å². The monoisotopic (exact) mass is 381 g/mol. The van der Waals surface area contributed by atoms with E-state index in [0.717, 1.165) is 17.1 Å². The van der Waals surface area contributed by atoms with Gasteiger partial charge in [-0.2, -0.15) is 0 Å². The van der Waals surface area contributed by atoms with Gasteiger partial charge in [0.2, 0.25) is 0 Å². The fourth-order valence-corrected chi connectivity index (χ4v) is 3.04. The summed E-state index contributed by atoms with van der Waals surface area (Å²) in [5.41, 5.74) is 3.77. The van der Waals surface area contributed by atoms with Crippen LogP contribution in [0.2, 0.25) is 0 Å². The molecule has 0 aliphatic heterocycles. The number of carbonyl (C=O) groups is 2. The molecule has 2 heterocycles. The van der Waals surface area contributed by atoms with Gasteiger partial charge in [0.05, 0.1) is 25.5 Å². The van der Waals surface area contributed by atoms with Crippen molar-refractivity contribution in [2.45, 2.75) is 20.4 Å². The summed E-state index contributed by atoms with van der Waals surface area (Å²) in [6.45, 7) is 4.45. The molecule has 3 aromatic rings. The highest BCUT2D eigenvalue weighted by Gasteiger charge is 2.17. The van der Waals surface area contributed by atoms with Crippen LogP contribution in [0.25, 0.3) is 0 Å². The largest absolute Gasteiger partial charge is 0.467 e. The van der Waals surface area contributed by atoms with E-state index in [1.54, 1.807) is 37.6 Å². The summed E-state index contributed by atoms with van der Waals surface area (Å²) in [4.78, 5) is 25.7. The standard InChI is InChI=1S/C21H23N3O4/c1-14-12-19(15(2)24(14)13-18-6-5-11-28-18)20(25)22-16-7-9-17(10-8-16)23(3)21(26)27-4/h5-12H,13H2,1-4H3,(H,22,25). The Bertz CT molecular complexity index is 972. The van der Waals surface area contributed by atoms with Crippen LogP contribution < -0.4 is 10.2 Å². The van der Waals surface area contributed by atoms with Gasteiger partial charge in [-0.15, -0.1) is 0 Å². The maximum atomic E-state index is 12.7. The molecule has 0 spiro atoms. The second-order valence-corrected chi connectivity index (χ2v) is 6.48. The number of aromatic nitrogens is 1. The number of aryl methyl sites for hydroxylation is 1. The second kappa shape index (κ2) is 8.04. The molecule has 0 atom stereocenters. The Kier molecular flexibility index (Phi) is 5.54. The predicted octanol–water partition coefficient (Wildman–Crippen LogP) is 4.20. The summed E-state index contributed by atoms with van der Waals surface area (Å²) < 4.78 is 12.1. The van der Waals surface area contributed by atoms with E-state index < -0.39 is 6.09 Å². The number of ether oxygens (including phenoxy) is 1. The number of benzene rings is 1. The van der Waals surface area contributed by atoms with Crippen LogP contribution >= 0.6 is 0 Å². The molecule has 7 heteroatoms. The first-order valence-corrected chi connectivity index (χ1v) is 8.83. The maximum Gasteiger partial charge on any atom is 0.413 e. The molecule has 0 unspecified atom stereocenters. The van der Waals surface area contributed by atoms with Crippen molar-refractivity contribution in [2.75, 3.05) is 24.4 Å². The third-order valence-electron chi connectivity index (χ3n) is 4.67. The van der Waals surface area contributed by atoms with Crippen molar-refractivity contribution in [2.24, 2.45) is 0 Å². The number of amides is 2. The van der Waals surface area contributed by atoms with E-state index in [1.807, 2.05) is 36.6 Å². The molecule has 2 amide bonds. The minimum Gasteiger partial charge on any atom is -0.467 e. The fraction of sp³-hybridized carbons (Fsp3) is 0.238. The molecule has 0 bridgehead atoms. The van der Waals surface area contributed by atoms with Crippen molar-refractivity contribution in [1.82, 2.24) is 4.57 Å². The predicted molar refractivity (Wildman–Crippen MR) is 107 cm³/mol. The number of nitrogens with one attached hydrogen (secondary N) is 1. The summed E-state index contributed by atoms with van der Waals surface area (Å²) in [6, 6.07) is 12.6. The molecule has 3 rings (SSSR count). The highest BCUT2D eigenvalue weighted by atomic mass is 16.5. The van der Waals surface area contributed by atoms with E-state index in [0.29, 0.717) is 23.5 Å². The van der Waals surface area contributed by atoms with Crippen LogP contribution in [0.5, 0.6) is 0 Å². The Hall–Kier alpha value is -3.48. The maximum absolute atomic E-state index is 12.7. The molecule has 146 valence electrons. The molecule has 1 aromatic carbocycles. The smallest absolute Gasteiger partial charge is 0.413 e. The van der Waals surface area contributed by atoms with Crippen LogP contribution in [0, 0.1) is 13.8 Å².